The van der Waals surface area contributed by atoms with Crippen molar-refractivity contribution in [1.29, 1.82) is 0 Å². The number of benzene rings is 2. The van der Waals surface area contributed by atoms with E-state index in [9.17, 15) is 14.4 Å². The summed E-state index contributed by atoms with van der Waals surface area (Å²) in [6.07, 6.45) is 1.69. The van der Waals surface area contributed by atoms with E-state index in [1.807, 2.05) is 45.0 Å². The van der Waals surface area contributed by atoms with Crippen LogP contribution in [0, 0.1) is 0 Å². The molecule has 1 atom stereocenters. The Hall–Kier alpha value is -3.19. The highest BCUT2D eigenvalue weighted by Gasteiger charge is 2.29. The second kappa shape index (κ2) is 9.31. The van der Waals surface area contributed by atoms with Crippen LogP contribution >= 0.6 is 0 Å². The van der Waals surface area contributed by atoms with Gasteiger partial charge in [0.2, 0.25) is 5.91 Å². The molecule has 7 heteroatoms. The molecule has 1 unspecified atom stereocenters. The molecule has 1 aliphatic heterocycles. The lowest BCUT2D eigenvalue weighted by Crippen LogP contribution is -2.40. The summed E-state index contributed by atoms with van der Waals surface area (Å²) in [5, 5.41) is 5.85. The number of nitrogens with zero attached hydrogens (tertiary/aromatic N) is 1. The summed E-state index contributed by atoms with van der Waals surface area (Å²) >= 11 is 0. The molecule has 0 bridgehead atoms. The Bertz CT molecular complexity index is 964. The van der Waals surface area contributed by atoms with Crippen molar-refractivity contribution in [3.63, 3.8) is 0 Å². The van der Waals surface area contributed by atoms with Crippen LogP contribution in [-0.4, -0.2) is 40.7 Å². The highest BCUT2D eigenvalue weighted by molar-refractivity contribution is 6.05. The van der Waals surface area contributed by atoms with E-state index in [1.54, 1.807) is 24.3 Å². The minimum atomic E-state index is -0.334. The van der Waals surface area contributed by atoms with Gasteiger partial charge in [0.25, 0.3) is 11.8 Å². The maximum absolute atomic E-state index is 12.8. The Labute approximate surface area is 183 Å². The van der Waals surface area contributed by atoms with Gasteiger partial charge in [-0.1, -0.05) is 18.2 Å². The van der Waals surface area contributed by atoms with E-state index in [1.165, 1.54) is 0 Å². The Morgan fingerprint density at radius 1 is 1.00 bits per heavy atom. The zero-order valence-electron chi connectivity index (χ0n) is 18.3. The molecule has 2 aromatic rings. The first-order valence-electron chi connectivity index (χ1n) is 10.5. The fourth-order valence-electron chi connectivity index (χ4n) is 3.72. The number of hydrogen-bond acceptors (Lipinski definition) is 4. The lowest BCUT2D eigenvalue weighted by Gasteiger charge is -2.23. The van der Waals surface area contributed by atoms with Gasteiger partial charge in [-0.3, -0.25) is 19.3 Å². The first kappa shape index (κ1) is 22.5. The molecule has 7 nitrogen and oxygen atoms in total. The highest BCUT2D eigenvalue weighted by Crippen LogP contribution is 2.24. The molecule has 0 spiro atoms. The zero-order chi connectivity index (χ0) is 22.6. The summed E-state index contributed by atoms with van der Waals surface area (Å²) in [6.45, 7) is 7.08. The van der Waals surface area contributed by atoms with Crippen LogP contribution in [0.2, 0.25) is 0 Å². The predicted molar refractivity (Wildman–Crippen MR) is 121 cm³/mol. The SMILES string of the molecule is CC(C)(C)NC(=O)c1ccc(C(=O)Nc2ccccc2CN2CCCC2C(N)=O)cc1. The summed E-state index contributed by atoms with van der Waals surface area (Å²) in [5.41, 5.74) is 7.76. The second-order valence-corrected chi connectivity index (χ2v) is 8.92. The number of anilines is 1. The Morgan fingerprint density at radius 2 is 1.61 bits per heavy atom. The van der Waals surface area contributed by atoms with Crippen molar-refractivity contribution in [3.8, 4) is 0 Å². The second-order valence-electron chi connectivity index (χ2n) is 8.92. The largest absolute Gasteiger partial charge is 0.368 e. The number of primary amides is 1. The monoisotopic (exact) mass is 422 g/mol. The third-order valence-corrected chi connectivity index (χ3v) is 5.23. The number of nitrogens with one attached hydrogen (secondary N) is 2. The number of para-hydroxylation sites is 1. The smallest absolute Gasteiger partial charge is 0.255 e. The molecule has 0 aromatic heterocycles. The minimum absolute atomic E-state index is 0.181. The molecule has 3 amide bonds. The molecule has 31 heavy (non-hydrogen) atoms. The van der Waals surface area contributed by atoms with Gasteiger partial charge in [-0.25, -0.2) is 0 Å². The van der Waals surface area contributed by atoms with Crippen molar-refractivity contribution in [2.45, 2.75) is 51.7 Å². The van der Waals surface area contributed by atoms with Gasteiger partial charge in [0.15, 0.2) is 0 Å². The van der Waals surface area contributed by atoms with Crippen molar-refractivity contribution in [3.05, 3.63) is 65.2 Å². The molecule has 0 radical (unpaired) electrons. The van der Waals surface area contributed by atoms with E-state index in [-0.39, 0.29) is 29.3 Å². The quantitative estimate of drug-likeness (QED) is 0.666. The van der Waals surface area contributed by atoms with Gasteiger partial charge < -0.3 is 16.4 Å². The topological polar surface area (TPSA) is 105 Å². The Morgan fingerprint density at radius 3 is 2.23 bits per heavy atom. The number of carbonyl (C=O) groups is 3. The van der Waals surface area contributed by atoms with Crippen LogP contribution in [0.3, 0.4) is 0 Å². The molecule has 1 fully saturated rings. The van der Waals surface area contributed by atoms with Gasteiger partial charge in [-0.15, -0.1) is 0 Å². The predicted octanol–water partition coefficient (Wildman–Crippen LogP) is 2.92. The third kappa shape index (κ3) is 5.92. The van der Waals surface area contributed by atoms with Crippen LogP contribution < -0.4 is 16.4 Å². The number of rotatable bonds is 6. The number of carbonyl (C=O) groups excluding carboxylic acids is 3. The van der Waals surface area contributed by atoms with Crippen LogP contribution in [0.15, 0.2) is 48.5 Å². The first-order chi connectivity index (χ1) is 14.6. The van der Waals surface area contributed by atoms with Crippen LogP contribution in [0.5, 0.6) is 0 Å². The first-order valence-corrected chi connectivity index (χ1v) is 10.5. The van der Waals surface area contributed by atoms with Crippen LogP contribution in [0.25, 0.3) is 0 Å². The molecule has 164 valence electrons. The van der Waals surface area contributed by atoms with Gasteiger partial charge in [0.1, 0.15) is 0 Å². The summed E-state index contributed by atoms with van der Waals surface area (Å²) in [4.78, 5) is 38.8. The molecule has 1 saturated heterocycles. The number of likely N-dealkylation sites (tertiary alicyclic amines) is 1. The number of amides is 3. The fraction of sp³-hybridized carbons (Fsp3) is 0.375. The zero-order valence-corrected chi connectivity index (χ0v) is 18.3. The van der Waals surface area contributed by atoms with Gasteiger partial charge >= 0.3 is 0 Å². The lowest BCUT2D eigenvalue weighted by molar-refractivity contribution is -0.122. The van der Waals surface area contributed by atoms with Crippen molar-refractivity contribution < 1.29 is 14.4 Å². The van der Waals surface area contributed by atoms with Crippen molar-refractivity contribution >= 4 is 23.4 Å². The maximum atomic E-state index is 12.8. The molecule has 0 aliphatic carbocycles. The van der Waals surface area contributed by atoms with E-state index in [2.05, 4.69) is 15.5 Å². The Balaban J connectivity index is 1.70. The Kier molecular flexibility index (Phi) is 6.75. The van der Waals surface area contributed by atoms with Gasteiger partial charge in [0, 0.05) is 28.9 Å². The van der Waals surface area contributed by atoms with Crippen molar-refractivity contribution in [2.75, 3.05) is 11.9 Å². The molecule has 0 saturated carbocycles. The molecule has 3 rings (SSSR count). The van der Waals surface area contributed by atoms with E-state index in [0.29, 0.717) is 23.4 Å². The number of hydrogen-bond donors (Lipinski definition) is 3. The normalized spacial score (nSPS) is 16.7. The standard InChI is InChI=1S/C24H30N4O3/c1-24(2,3)27-23(31)17-12-10-16(11-13-17)22(30)26-19-8-5-4-7-18(19)15-28-14-6-9-20(28)21(25)29/h4-5,7-8,10-13,20H,6,9,14-15H2,1-3H3,(H2,25,29)(H,26,30)(H,27,31). The molecule has 1 heterocycles. The molecule has 2 aromatic carbocycles. The van der Waals surface area contributed by atoms with E-state index in [0.717, 1.165) is 24.9 Å². The third-order valence-electron chi connectivity index (χ3n) is 5.23. The minimum Gasteiger partial charge on any atom is -0.368 e. The average molecular weight is 423 g/mol. The molecule has 1 aliphatic rings. The fourth-order valence-corrected chi connectivity index (χ4v) is 3.72. The average Bonchev–Trinajstić information content (AvgIpc) is 3.17. The lowest BCUT2D eigenvalue weighted by atomic mass is 10.1. The van der Waals surface area contributed by atoms with Crippen LogP contribution in [0.4, 0.5) is 5.69 Å². The van der Waals surface area contributed by atoms with Crippen molar-refractivity contribution in [1.82, 2.24) is 10.2 Å². The van der Waals surface area contributed by atoms with Crippen LogP contribution in [-0.2, 0) is 11.3 Å². The van der Waals surface area contributed by atoms with E-state index >= 15 is 0 Å². The van der Waals surface area contributed by atoms with E-state index in [4.69, 9.17) is 5.73 Å². The van der Waals surface area contributed by atoms with Gasteiger partial charge in [0.05, 0.1) is 6.04 Å². The van der Waals surface area contributed by atoms with Crippen molar-refractivity contribution in [2.24, 2.45) is 5.73 Å². The molecular weight excluding hydrogens is 392 g/mol. The summed E-state index contributed by atoms with van der Waals surface area (Å²) in [5.74, 6) is -0.753. The number of nitrogens with two attached hydrogens (primary N) is 1. The summed E-state index contributed by atoms with van der Waals surface area (Å²) in [7, 11) is 0. The highest BCUT2D eigenvalue weighted by atomic mass is 16.2. The maximum Gasteiger partial charge on any atom is 0.255 e. The van der Waals surface area contributed by atoms with E-state index < -0.39 is 0 Å². The van der Waals surface area contributed by atoms with Gasteiger partial charge in [-0.05, 0) is 76.1 Å². The summed E-state index contributed by atoms with van der Waals surface area (Å²) < 4.78 is 0. The molecular formula is C24H30N4O3. The van der Waals surface area contributed by atoms with Crippen LogP contribution in [0.1, 0.15) is 59.9 Å². The summed E-state index contributed by atoms with van der Waals surface area (Å²) in [6, 6.07) is 13.8. The molecule has 4 N–H and O–H groups in total. The van der Waals surface area contributed by atoms with Gasteiger partial charge in [-0.2, -0.15) is 0 Å².